The topological polar surface area (TPSA) is 52.5 Å². The van der Waals surface area contributed by atoms with Gasteiger partial charge in [0.15, 0.2) is 0 Å². The Morgan fingerprint density at radius 3 is 2.47 bits per heavy atom. The lowest BCUT2D eigenvalue weighted by Crippen LogP contribution is -2.39. The molecule has 3 N–H and O–H groups in total. The maximum Gasteiger partial charge on any atom is 0.129 e. The third kappa shape index (κ3) is 4.07. The Balaban J connectivity index is 2.55. The fraction of sp³-hybridized carbons (Fsp3) is 0.538. The summed E-state index contributed by atoms with van der Waals surface area (Å²) in [5, 5.41) is 22.0. The van der Waals surface area contributed by atoms with Crippen molar-refractivity contribution in [3.8, 4) is 0 Å². The standard InChI is InChI=1S/C13H20FNO2/c1-9(2)12(8-16)15-7-13(17)10-5-3-4-6-11(10)14/h3-6,9,12-13,15-17H,7-8H2,1-2H3/t12-,13?/m1/s1. The molecule has 0 saturated heterocycles. The molecule has 0 spiro atoms. The Labute approximate surface area is 101 Å². The van der Waals surface area contributed by atoms with Crippen LogP contribution in [0.5, 0.6) is 0 Å². The monoisotopic (exact) mass is 241 g/mol. The first-order valence-corrected chi connectivity index (χ1v) is 5.83. The minimum atomic E-state index is -0.899. The summed E-state index contributed by atoms with van der Waals surface area (Å²) in [6.45, 7) is 4.18. The molecular formula is C13H20FNO2. The number of halogens is 1. The number of hydrogen-bond acceptors (Lipinski definition) is 3. The van der Waals surface area contributed by atoms with Gasteiger partial charge in [0.25, 0.3) is 0 Å². The third-order valence-electron chi connectivity index (χ3n) is 2.84. The van der Waals surface area contributed by atoms with Crippen LogP contribution in [0, 0.1) is 11.7 Å². The zero-order valence-electron chi connectivity index (χ0n) is 10.2. The van der Waals surface area contributed by atoms with Crippen LogP contribution in [-0.2, 0) is 0 Å². The lowest BCUT2D eigenvalue weighted by molar-refractivity contribution is 0.145. The predicted molar refractivity (Wildman–Crippen MR) is 65.1 cm³/mol. The highest BCUT2D eigenvalue weighted by atomic mass is 19.1. The molecule has 3 nitrogen and oxygen atoms in total. The second-order valence-corrected chi connectivity index (χ2v) is 4.48. The SMILES string of the molecule is CC(C)[C@@H](CO)NCC(O)c1ccccc1F. The molecule has 4 heteroatoms. The summed E-state index contributed by atoms with van der Waals surface area (Å²) in [5.74, 6) is -0.153. The molecule has 0 saturated carbocycles. The molecule has 17 heavy (non-hydrogen) atoms. The van der Waals surface area contributed by atoms with Gasteiger partial charge in [-0.05, 0) is 12.0 Å². The van der Waals surface area contributed by atoms with Gasteiger partial charge in [-0.2, -0.15) is 0 Å². The van der Waals surface area contributed by atoms with Crippen molar-refractivity contribution in [1.29, 1.82) is 0 Å². The minimum absolute atomic E-state index is 0.00165. The van der Waals surface area contributed by atoms with Gasteiger partial charge in [-0.3, -0.25) is 0 Å². The van der Waals surface area contributed by atoms with E-state index in [4.69, 9.17) is 5.11 Å². The van der Waals surface area contributed by atoms with Crippen LogP contribution in [0.4, 0.5) is 4.39 Å². The summed E-state index contributed by atoms with van der Waals surface area (Å²) in [7, 11) is 0. The number of rotatable bonds is 6. The van der Waals surface area contributed by atoms with Crippen LogP contribution >= 0.6 is 0 Å². The van der Waals surface area contributed by atoms with E-state index in [0.717, 1.165) is 0 Å². The number of benzene rings is 1. The molecule has 0 heterocycles. The van der Waals surface area contributed by atoms with Gasteiger partial charge in [0.1, 0.15) is 5.82 Å². The molecule has 96 valence electrons. The van der Waals surface area contributed by atoms with Crippen molar-refractivity contribution in [2.24, 2.45) is 5.92 Å². The highest BCUT2D eigenvalue weighted by Gasteiger charge is 2.16. The first kappa shape index (κ1) is 14.1. The maximum atomic E-state index is 13.4. The fourth-order valence-corrected chi connectivity index (χ4v) is 1.63. The van der Waals surface area contributed by atoms with E-state index in [2.05, 4.69) is 5.32 Å². The molecule has 0 aromatic heterocycles. The van der Waals surface area contributed by atoms with Crippen LogP contribution < -0.4 is 5.32 Å². The van der Waals surface area contributed by atoms with Gasteiger partial charge in [-0.25, -0.2) is 4.39 Å². The molecule has 0 amide bonds. The second kappa shape index (κ2) is 6.69. The van der Waals surface area contributed by atoms with Gasteiger partial charge in [-0.1, -0.05) is 32.0 Å². The number of aliphatic hydroxyl groups excluding tert-OH is 2. The van der Waals surface area contributed by atoms with Crippen molar-refractivity contribution < 1.29 is 14.6 Å². The summed E-state index contributed by atoms with van der Waals surface area (Å²) in [6, 6.07) is 6.07. The van der Waals surface area contributed by atoms with E-state index < -0.39 is 11.9 Å². The lowest BCUT2D eigenvalue weighted by atomic mass is 10.0. The zero-order valence-corrected chi connectivity index (χ0v) is 10.2. The van der Waals surface area contributed by atoms with E-state index >= 15 is 0 Å². The Morgan fingerprint density at radius 1 is 1.29 bits per heavy atom. The average molecular weight is 241 g/mol. The molecule has 0 fully saturated rings. The quantitative estimate of drug-likeness (QED) is 0.707. The van der Waals surface area contributed by atoms with E-state index in [0.29, 0.717) is 0 Å². The van der Waals surface area contributed by atoms with Gasteiger partial charge >= 0.3 is 0 Å². The number of hydrogen-bond donors (Lipinski definition) is 3. The van der Waals surface area contributed by atoms with Crippen molar-refractivity contribution in [2.75, 3.05) is 13.2 Å². The average Bonchev–Trinajstić information content (AvgIpc) is 2.29. The van der Waals surface area contributed by atoms with Crippen molar-refractivity contribution in [3.05, 3.63) is 35.6 Å². The Bertz CT molecular complexity index is 344. The van der Waals surface area contributed by atoms with Crippen molar-refractivity contribution in [2.45, 2.75) is 26.0 Å². The summed E-state index contributed by atoms with van der Waals surface area (Å²) in [4.78, 5) is 0. The molecule has 1 aromatic carbocycles. The van der Waals surface area contributed by atoms with Crippen molar-refractivity contribution in [1.82, 2.24) is 5.32 Å². The van der Waals surface area contributed by atoms with Gasteiger partial charge in [0.2, 0.25) is 0 Å². The van der Waals surface area contributed by atoms with E-state index in [1.807, 2.05) is 13.8 Å². The van der Waals surface area contributed by atoms with Gasteiger partial charge < -0.3 is 15.5 Å². The van der Waals surface area contributed by atoms with Gasteiger partial charge in [0, 0.05) is 18.2 Å². The van der Waals surface area contributed by atoms with Crippen LogP contribution in [0.1, 0.15) is 25.5 Å². The molecule has 0 aliphatic heterocycles. The Hall–Kier alpha value is -0.970. The third-order valence-corrected chi connectivity index (χ3v) is 2.84. The zero-order chi connectivity index (χ0) is 12.8. The van der Waals surface area contributed by atoms with E-state index in [1.54, 1.807) is 18.2 Å². The second-order valence-electron chi connectivity index (χ2n) is 4.48. The first-order chi connectivity index (χ1) is 8.06. The number of nitrogens with one attached hydrogen (secondary N) is 1. The molecule has 0 aliphatic carbocycles. The molecule has 1 aromatic rings. The van der Waals surface area contributed by atoms with Crippen molar-refractivity contribution in [3.63, 3.8) is 0 Å². The predicted octanol–water partition coefficient (Wildman–Crippen LogP) is 1.47. The number of aliphatic hydroxyl groups is 2. The summed E-state index contributed by atoms with van der Waals surface area (Å²) >= 11 is 0. The minimum Gasteiger partial charge on any atom is -0.395 e. The van der Waals surface area contributed by atoms with Crippen LogP contribution in [0.3, 0.4) is 0 Å². The molecule has 1 unspecified atom stereocenters. The van der Waals surface area contributed by atoms with Crippen LogP contribution in [-0.4, -0.2) is 29.4 Å². The molecule has 2 atom stereocenters. The molecule has 0 radical (unpaired) electrons. The summed E-state index contributed by atoms with van der Waals surface area (Å²) in [5.41, 5.74) is 0.278. The Kier molecular flexibility index (Phi) is 5.55. The first-order valence-electron chi connectivity index (χ1n) is 5.83. The van der Waals surface area contributed by atoms with Gasteiger partial charge in [-0.15, -0.1) is 0 Å². The molecule has 0 aliphatic rings. The van der Waals surface area contributed by atoms with E-state index in [1.165, 1.54) is 6.07 Å². The largest absolute Gasteiger partial charge is 0.395 e. The Morgan fingerprint density at radius 2 is 1.94 bits per heavy atom. The van der Waals surface area contributed by atoms with Crippen LogP contribution in [0.2, 0.25) is 0 Å². The highest BCUT2D eigenvalue weighted by molar-refractivity contribution is 5.19. The smallest absolute Gasteiger partial charge is 0.129 e. The van der Waals surface area contributed by atoms with E-state index in [9.17, 15) is 9.50 Å². The van der Waals surface area contributed by atoms with Gasteiger partial charge in [0.05, 0.1) is 12.7 Å². The molecule has 0 bridgehead atoms. The maximum absolute atomic E-state index is 13.4. The summed E-state index contributed by atoms with van der Waals surface area (Å²) < 4.78 is 13.4. The van der Waals surface area contributed by atoms with Crippen LogP contribution in [0.25, 0.3) is 0 Å². The van der Waals surface area contributed by atoms with E-state index in [-0.39, 0.29) is 30.7 Å². The molecule has 1 rings (SSSR count). The highest BCUT2D eigenvalue weighted by Crippen LogP contribution is 2.16. The fourth-order valence-electron chi connectivity index (χ4n) is 1.63. The normalized spacial score (nSPS) is 14.9. The molecular weight excluding hydrogens is 221 g/mol. The van der Waals surface area contributed by atoms with Crippen LogP contribution in [0.15, 0.2) is 24.3 Å². The van der Waals surface area contributed by atoms with Crippen molar-refractivity contribution >= 4 is 0 Å². The lowest BCUT2D eigenvalue weighted by Gasteiger charge is -2.22. The summed E-state index contributed by atoms with van der Waals surface area (Å²) in [6.07, 6.45) is -0.899.